The van der Waals surface area contributed by atoms with Crippen molar-refractivity contribution in [2.45, 2.75) is 39.4 Å². The Morgan fingerprint density at radius 2 is 1.94 bits per heavy atom. The smallest absolute Gasteiger partial charge is 0.384 e. The van der Waals surface area contributed by atoms with Gasteiger partial charge in [0.25, 0.3) is 0 Å². The van der Waals surface area contributed by atoms with Gasteiger partial charge >= 0.3 is 6.18 Å². The van der Waals surface area contributed by atoms with Gasteiger partial charge in [-0.3, -0.25) is 0 Å². The molecule has 0 saturated carbocycles. The van der Waals surface area contributed by atoms with E-state index < -0.39 is 12.0 Å². The van der Waals surface area contributed by atoms with Gasteiger partial charge in [-0.15, -0.1) is 0 Å². The van der Waals surface area contributed by atoms with Gasteiger partial charge in [-0.1, -0.05) is 6.92 Å². The largest absolute Gasteiger partial charge is 0.451 e. The molecule has 1 aromatic heterocycles. The summed E-state index contributed by atoms with van der Waals surface area (Å²) >= 11 is 0. The fourth-order valence-electron chi connectivity index (χ4n) is 1.60. The Morgan fingerprint density at radius 1 is 1.33 bits per heavy atom. The molecule has 1 heterocycles. The Morgan fingerprint density at radius 3 is 2.39 bits per heavy atom. The second-order valence-corrected chi connectivity index (χ2v) is 4.26. The predicted octanol–water partition coefficient (Wildman–Crippen LogP) is 2.70. The van der Waals surface area contributed by atoms with Crippen molar-refractivity contribution in [3.63, 3.8) is 0 Å². The number of anilines is 2. The average molecular weight is 262 g/mol. The summed E-state index contributed by atoms with van der Waals surface area (Å²) < 4.78 is 37.8. The van der Waals surface area contributed by atoms with E-state index in [0.29, 0.717) is 6.54 Å². The molecule has 102 valence electrons. The van der Waals surface area contributed by atoms with Crippen LogP contribution in [0.1, 0.15) is 33.0 Å². The Hall–Kier alpha value is -1.53. The van der Waals surface area contributed by atoms with Crippen LogP contribution in [0.4, 0.5) is 24.8 Å². The molecular formula is C11H17F3N4. The lowest BCUT2D eigenvalue weighted by atomic mass is 10.3. The highest BCUT2D eigenvalue weighted by Gasteiger charge is 2.35. The minimum absolute atomic E-state index is 0.0420. The van der Waals surface area contributed by atoms with Crippen LogP contribution in [-0.4, -0.2) is 22.6 Å². The Kier molecular flexibility index (Phi) is 4.37. The molecule has 0 saturated heterocycles. The van der Waals surface area contributed by atoms with Crippen LogP contribution in [0.25, 0.3) is 0 Å². The summed E-state index contributed by atoms with van der Waals surface area (Å²) in [7, 11) is 0. The van der Waals surface area contributed by atoms with Crippen LogP contribution < -0.4 is 10.6 Å². The Labute approximate surface area is 104 Å². The minimum atomic E-state index is -4.58. The number of aromatic nitrogens is 2. The molecule has 2 N–H and O–H groups in total. The summed E-state index contributed by atoms with van der Waals surface area (Å²) in [6.45, 7) is 6.35. The molecule has 18 heavy (non-hydrogen) atoms. The molecule has 0 atom stereocenters. The minimum Gasteiger partial charge on any atom is -0.384 e. The van der Waals surface area contributed by atoms with Gasteiger partial charge in [0.15, 0.2) is 0 Å². The van der Waals surface area contributed by atoms with Crippen molar-refractivity contribution in [1.29, 1.82) is 0 Å². The van der Waals surface area contributed by atoms with Crippen molar-refractivity contribution in [3.05, 3.63) is 11.9 Å². The maximum Gasteiger partial charge on any atom is 0.451 e. The topological polar surface area (TPSA) is 55.0 Å². The summed E-state index contributed by atoms with van der Waals surface area (Å²) in [5.41, 5.74) is 5.41. The number of nitrogens with zero attached hydrogens (tertiary/aromatic N) is 3. The molecule has 0 aliphatic rings. The van der Waals surface area contributed by atoms with Crippen LogP contribution in [-0.2, 0) is 6.18 Å². The number of hydrogen-bond acceptors (Lipinski definition) is 4. The maximum atomic E-state index is 12.6. The number of nitrogens with two attached hydrogens (primary N) is 1. The summed E-state index contributed by atoms with van der Waals surface area (Å²) in [6, 6.07) is 1.41. The SMILES string of the molecule is CCCN(c1cc(N)nc(C(F)(F)F)n1)C(C)C. The van der Waals surface area contributed by atoms with Gasteiger partial charge in [0, 0.05) is 18.7 Å². The zero-order chi connectivity index (χ0) is 13.9. The predicted molar refractivity (Wildman–Crippen MR) is 64.2 cm³/mol. The molecule has 1 rings (SSSR count). The molecule has 7 heteroatoms. The highest BCUT2D eigenvalue weighted by atomic mass is 19.4. The van der Waals surface area contributed by atoms with E-state index in [-0.39, 0.29) is 17.7 Å². The monoisotopic (exact) mass is 262 g/mol. The number of alkyl halides is 3. The van der Waals surface area contributed by atoms with Crippen molar-refractivity contribution in [2.24, 2.45) is 0 Å². The van der Waals surface area contributed by atoms with Gasteiger partial charge < -0.3 is 10.6 Å². The molecule has 0 bridgehead atoms. The first-order valence-corrected chi connectivity index (χ1v) is 5.74. The summed E-state index contributed by atoms with van der Waals surface area (Å²) in [4.78, 5) is 8.55. The first kappa shape index (κ1) is 14.5. The van der Waals surface area contributed by atoms with E-state index in [1.54, 1.807) is 4.90 Å². The lowest BCUT2D eigenvalue weighted by Crippen LogP contribution is -2.33. The van der Waals surface area contributed by atoms with E-state index in [2.05, 4.69) is 9.97 Å². The standard InChI is InChI=1S/C11H17F3N4/c1-4-5-18(7(2)3)9-6-8(15)16-10(17-9)11(12,13)14/h6-7H,4-5H2,1-3H3,(H2,15,16,17). The first-order chi connectivity index (χ1) is 8.25. The maximum absolute atomic E-state index is 12.6. The number of hydrogen-bond donors (Lipinski definition) is 1. The van der Waals surface area contributed by atoms with E-state index in [0.717, 1.165) is 6.42 Å². The van der Waals surface area contributed by atoms with Gasteiger partial charge in [0.2, 0.25) is 5.82 Å². The van der Waals surface area contributed by atoms with Crippen molar-refractivity contribution in [3.8, 4) is 0 Å². The molecule has 0 aliphatic heterocycles. The molecule has 4 nitrogen and oxygen atoms in total. The third-order valence-electron chi connectivity index (χ3n) is 2.37. The van der Waals surface area contributed by atoms with Crippen molar-refractivity contribution in [2.75, 3.05) is 17.2 Å². The van der Waals surface area contributed by atoms with Gasteiger partial charge in [-0.05, 0) is 20.3 Å². The fraction of sp³-hybridized carbons (Fsp3) is 0.636. The summed E-state index contributed by atoms with van der Waals surface area (Å²) in [5, 5.41) is 0. The van der Waals surface area contributed by atoms with E-state index in [9.17, 15) is 13.2 Å². The third-order valence-corrected chi connectivity index (χ3v) is 2.37. The number of halogens is 3. The second-order valence-electron chi connectivity index (χ2n) is 4.26. The lowest BCUT2D eigenvalue weighted by Gasteiger charge is -2.27. The van der Waals surface area contributed by atoms with Gasteiger partial charge in [0.1, 0.15) is 11.6 Å². The normalized spacial score (nSPS) is 11.9. The quantitative estimate of drug-likeness (QED) is 0.906. The van der Waals surface area contributed by atoms with Crippen LogP contribution >= 0.6 is 0 Å². The summed E-state index contributed by atoms with van der Waals surface area (Å²) in [5.74, 6) is -1.15. The molecule has 1 aromatic rings. The third kappa shape index (κ3) is 3.48. The van der Waals surface area contributed by atoms with Gasteiger partial charge in [0.05, 0.1) is 0 Å². The molecule has 0 aliphatic carbocycles. The van der Waals surface area contributed by atoms with Crippen molar-refractivity contribution in [1.82, 2.24) is 9.97 Å². The molecule has 0 aromatic carbocycles. The Bertz CT molecular complexity index is 404. The molecule has 0 amide bonds. The van der Waals surface area contributed by atoms with Crippen LogP contribution in [0.15, 0.2) is 6.07 Å². The van der Waals surface area contributed by atoms with E-state index >= 15 is 0 Å². The molecule has 0 unspecified atom stereocenters. The van der Waals surface area contributed by atoms with Crippen molar-refractivity contribution < 1.29 is 13.2 Å². The van der Waals surface area contributed by atoms with E-state index in [1.165, 1.54) is 6.07 Å². The number of nitrogen functional groups attached to an aromatic ring is 1. The molecule has 0 fully saturated rings. The number of rotatable bonds is 4. The van der Waals surface area contributed by atoms with E-state index in [1.807, 2.05) is 20.8 Å². The zero-order valence-corrected chi connectivity index (χ0v) is 10.6. The second kappa shape index (κ2) is 5.41. The van der Waals surface area contributed by atoms with Crippen molar-refractivity contribution >= 4 is 11.6 Å². The average Bonchev–Trinajstić information content (AvgIpc) is 2.23. The highest BCUT2D eigenvalue weighted by Crippen LogP contribution is 2.29. The van der Waals surface area contributed by atoms with Crippen LogP contribution in [0.5, 0.6) is 0 Å². The highest BCUT2D eigenvalue weighted by molar-refractivity contribution is 5.47. The van der Waals surface area contributed by atoms with Gasteiger partial charge in [-0.2, -0.15) is 13.2 Å². The lowest BCUT2D eigenvalue weighted by molar-refractivity contribution is -0.144. The van der Waals surface area contributed by atoms with E-state index in [4.69, 9.17) is 5.73 Å². The fourth-order valence-corrected chi connectivity index (χ4v) is 1.60. The molecule has 0 spiro atoms. The summed E-state index contributed by atoms with van der Waals surface area (Å²) in [6.07, 6.45) is -3.78. The zero-order valence-electron chi connectivity index (χ0n) is 10.6. The van der Waals surface area contributed by atoms with Crippen LogP contribution in [0.3, 0.4) is 0 Å². The Balaban J connectivity index is 3.19. The molecular weight excluding hydrogens is 245 g/mol. The molecule has 0 radical (unpaired) electrons. The first-order valence-electron chi connectivity index (χ1n) is 5.74. The van der Waals surface area contributed by atoms with Crippen LogP contribution in [0.2, 0.25) is 0 Å². The van der Waals surface area contributed by atoms with Gasteiger partial charge in [-0.25, -0.2) is 9.97 Å². The van der Waals surface area contributed by atoms with Crippen LogP contribution in [0, 0.1) is 0 Å².